The van der Waals surface area contributed by atoms with Crippen LogP contribution < -0.4 is 5.32 Å². The number of nitrogens with one attached hydrogen (secondary N) is 1. The first-order valence-corrected chi connectivity index (χ1v) is 12.1. The number of nitro groups is 1. The molecule has 1 aromatic heterocycles. The summed E-state index contributed by atoms with van der Waals surface area (Å²) in [5.41, 5.74) is 3.51. The normalized spacial score (nSPS) is 10.8. The number of aromatic nitrogens is 3. The van der Waals surface area contributed by atoms with Gasteiger partial charge in [-0.1, -0.05) is 63.6 Å². The van der Waals surface area contributed by atoms with Gasteiger partial charge in [-0.3, -0.25) is 19.5 Å². The van der Waals surface area contributed by atoms with Crippen LogP contribution in [0.1, 0.15) is 27.3 Å². The van der Waals surface area contributed by atoms with Crippen molar-refractivity contribution in [3.05, 3.63) is 110 Å². The number of carbonyl (C=O) groups is 1. The van der Waals surface area contributed by atoms with Gasteiger partial charge in [0.2, 0.25) is 0 Å². The zero-order valence-electron chi connectivity index (χ0n) is 18.1. The van der Waals surface area contributed by atoms with Gasteiger partial charge < -0.3 is 5.32 Å². The van der Waals surface area contributed by atoms with Crippen molar-refractivity contribution >= 4 is 39.3 Å². The molecule has 4 aromatic rings. The molecule has 10 heteroatoms. The smallest absolute Gasteiger partial charge is 0.269 e. The largest absolute Gasteiger partial charge is 0.345 e. The molecule has 0 atom stereocenters. The lowest BCUT2D eigenvalue weighted by Crippen LogP contribution is -2.24. The Balaban J connectivity index is 1.60. The van der Waals surface area contributed by atoms with Crippen molar-refractivity contribution < 1.29 is 9.72 Å². The maximum absolute atomic E-state index is 12.6. The molecule has 0 bridgehead atoms. The van der Waals surface area contributed by atoms with Gasteiger partial charge in [0.15, 0.2) is 11.0 Å². The number of thioether (sulfide) groups is 1. The van der Waals surface area contributed by atoms with Crippen molar-refractivity contribution in [1.29, 1.82) is 0 Å². The number of amides is 1. The van der Waals surface area contributed by atoms with Crippen molar-refractivity contribution in [1.82, 2.24) is 20.1 Å². The van der Waals surface area contributed by atoms with Gasteiger partial charge in [0.25, 0.3) is 11.6 Å². The molecule has 0 saturated carbocycles. The Morgan fingerprint density at radius 3 is 2.56 bits per heavy atom. The number of nitrogens with zero attached hydrogens (tertiary/aromatic N) is 4. The van der Waals surface area contributed by atoms with Crippen LogP contribution in [-0.2, 0) is 12.3 Å². The highest BCUT2D eigenvalue weighted by molar-refractivity contribution is 9.10. The van der Waals surface area contributed by atoms with Crippen LogP contribution in [0.15, 0.2) is 82.4 Å². The summed E-state index contributed by atoms with van der Waals surface area (Å²) in [6, 6.07) is 21.5. The van der Waals surface area contributed by atoms with E-state index in [4.69, 9.17) is 0 Å². The quantitative estimate of drug-likeness (QED) is 0.181. The maximum Gasteiger partial charge on any atom is 0.269 e. The van der Waals surface area contributed by atoms with Gasteiger partial charge >= 0.3 is 0 Å². The molecule has 0 radical (unpaired) electrons. The van der Waals surface area contributed by atoms with Crippen LogP contribution in [-0.4, -0.2) is 25.6 Å². The molecule has 0 unspecified atom stereocenters. The fourth-order valence-corrected chi connectivity index (χ4v) is 4.64. The molecule has 0 aliphatic heterocycles. The fourth-order valence-electron chi connectivity index (χ4n) is 3.33. The maximum atomic E-state index is 12.6. The van der Waals surface area contributed by atoms with Crippen molar-refractivity contribution in [2.24, 2.45) is 0 Å². The summed E-state index contributed by atoms with van der Waals surface area (Å²) in [7, 11) is 0. The summed E-state index contributed by atoms with van der Waals surface area (Å²) >= 11 is 4.88. The van der Waals surface area contributed by atoms with Crippen LogP contribution in [0.4, 0.5) is 5.69 Å². The van der Waals surface area contributed by atoms with E-state index in [0.717, 1.165) is 10.0 Å². The first-order chi connectivity index (χ1) is 16.4. The molecule has 4 rings (SSSR count). The number of carbonyl (C=O) groups excluding carboxylic acids is 1. The minimum absolute atomic E-state index is 0.00436. The second-order valence-corrected chi connectivity index (χ2v) is 9.34. The van der Waals surface area contributed by atoms with Gasteiger partial charge in [-0.15, -0.1) is 10.2 Å². The van der Waals surface area contributed by atoms with E-state index >= 15 is 0 Å². The van der Waals surface area contributed by atoms with Crippen molar-refractivity contribution in [2.75, 3.05) is 0 Å². The van der Waals surface area contributed by atoms with E-state index in [1.807, 2.05) is 35.8 Å². The summed E-state index contributed by atoms with van der Waals surface area (Å²) in [5.74, 6) is 0.953. The molecular formula is C24H20BrN5O3S. The van der Waals surface area contributed by atoms with Gasteiger partial charge in [0.05, 0.1) is 11.5 Å². The second-order valence-electron chi connectivity index (χ2n) is 7.48. The molecule has 172 valence electrons. The molecule has 1 N–H and O–H groups in total. The molecule has 8 nitrogen and oxygen atoms in total. The van der Waals surface area contributed by atoms with E-state index in [9.17, 15) is 14.9 Å². The number of halogens is 1. The van der Waals surface area contributed by atoms with Crippen LogP contribution in [0.2, 0.25) is 0 Å². The zero-order chi connectivity index (χ0) is 24.1. The zero-order valence-corrected chi connectivity index (χ0v) is 20.5. The summed E-state index contributed by atoms with van der Waals surface area (Å²) in [5, 5.41) is 23.2. The van der Waals surface area contributed by atoms with Gasteiger partial charge in [0, 0.05) is 33.6 Å². The minimum Gasteiger partial charge on any atom is -0.345 e. The molecule has 1 amide bonds. The predicted molar refractivity (Wildman–Crippen MR) is 134 cm³/mol. The first-order valence-electron chi connectivity index (χ1n) is 10.3. The molecule has 34 heavy (non-hydrogen) atoms. The lowest BCUT2D eigenvalue weighted by Gasteiger charge is -2.11. The van der Waals surface area contributed by atoms with Crippen molar-refractivity contribution in [3.63, 3.8) is 0 Å². The Bertz CT molecular complexity index is 1340. The van der Waals surface area contributed by atoms with Gasteiger partial charge in [0.1, 0.15) is 0 Å². The fraction of sp³-hybridized carbons (Fsp3) is 0.125. The summed E-state index contributed by atoms with van der Waals surface area (Å²) in [6.07, 6.45) is 0. The Hall–Kier alpha value is -3.50. The van der Waals surface area contributed by atoms with Gasteiger partial charge in [-0.05, 0) is 42.8 Å². The van der Waals surface area contributed by atoms with Crippen LogP contribution in [0.3, 0.4) is 0 Å². The second kappa shape index (κ2) is 10.6. The number of non-ortho nitro benzene ring substituents is 1. The number of rotatable bonds is 8. The van der Waals surface area contributed by atoms with E-state index in [1.165, 1.54) is 29.5 Å². The summed E-state index contributed by atoms with van der Waals surface area (Å²) in [6.45, 7) is 2.18. The van der Waals surface area contributed by atoms with Crippen molar-refractivity contribution in [2.45, 2.75) is 24.4 Å². The van der Waals surface area contributed by atoms with Gasteiger partial charge in [-0.2, -0.15) is 0 Å². The molecule has 1 heterocycles. The topological polar surface area (TPSA) is 103 Å². The highest BCUT2D eigenvalue weighted by atomic mass is 79.9. The number of hydrogen-bond acceptors (Lipinski definition) is 6. The molecule has 0 fully saturated rings. The van der Waals surface area contributed by atoms with E-state index in [0.29, 0.717) is 28.0 Å². The van der Waals surface area contributed by atoms with E-state index in [2.05, 4.69) is 37.5 Å². The average Bonchev–Trinajstić information content (AvgIpc) is 3.24. The number of aryl methyl sites for hydroxylation is 1. The predicted octanol–water partition coefficient (Wildman–Crippen LogP) is 5.47. The molecule has 0 aliphatic rings. The SMILES string of the molecule is Cc1cccc(CSc2nnc(CNC(=O)c3cccc(Br)c3)n2-c2ccc([N+](=O)[O-])cc2)c1. The van der Waals surface area contributed by atoms with Crippen molar-refractivity contribution in [3.8, 4) is 5.69 Å². The number of hydrogen-bond donors (Lipinski definition) is 1. The molecule has 0 saturated heterocycles. The van der Waals surface area contributed by atoms with E-state index in [1.54, 1.807) is 30.3 Å². The third kappa shape index (κ3) is 5.70. The van der Waals surface area contributed by atoms with Crippen LogP contribution in [0.5, 0.6) is 0 Å². The minimum atomic E-state index is -0.442. The Morgan fingerprint density at radius 2 is 1.85 bits per heavy atom. The Labute approximate surface area is 208 Å². The molecule has 0 aliphatic carbocycles. The van der Waals surface area contributed by atoms with Crippen LogP contribution in [0.25, 0.3) is 5.69 Å². The molecule has 3 aromatic carbocycles. The van der Waals surface area contributed by atoms with Crippen LogP contribution in [0, 0.1) is 17.0 Å². The Morgan fingerprint density at radius 1 is 1.09 bits per heavy atom. The van der Waals surface area contributed by atoms with E-state index in [-0.39, 0.29) is 18.1 Å². The number of nitro benzene ring substituents is 1. The number of benzene rings is 3. The standard InChI is InChI=1S/C24H20BrN5O3S/c1-16-4-2-5-17(12-16)15-34-24-28-27-22(14-26-23(31)18-6-3-7-19(25)13-18)29(24)20-8-10-21(11-9-20)30(32)33/h2-13H,14-15H2,1H3,(H,26,31). The molecular weight excluding hydrogens is 518 g/mol. The third-order valence-corrected chi connectivity index (χ3v) is 6.46. The Kier molecular flexibility index (Phi) is 7.39. The third-order valence-electron chi connectivity index (χ3n) is 4.96. The van der Waals surface area contributed by atoms with Crippen LogP contribution >= 0.6 is 27.7 Å². The van der Waals surface area contributed by atoms with Gasteiger partial charge in [-0.25, -0.2) is 0 Å². The highest BCUT2D eigenvalue weighted by Crippen LogP contribution is 2.27. The highest BCUT2D eigenvalue weighted by Gasteiger charge is 2.17. The monoisotopic (exact) mass is 537 g/mol. The summed E-state index contributed by atoms with van der Waals surface area (Å²) in [4.78, 5) is 23.3. The summed E-state index contributed by atoms with van der Waals surface area (Å²) < 4.78 is 2.62. The van der Waals surface area contributed by atoms with E-state index < -0.39 is 4.92 Å². The lowest BCUT2D eigenvalue weighted by molar-refractivity contribution is -0.384. The lowest BCUT2D eigenvalue weighted by atomic mass is 10.2. The first kappa shape index (κ1) is 23.7. The molecule has 0 spiro atoms. The average molecular weight is 538 g/mol.